The van der Waals surface area contributed by atoms with E-state index in [0.29, 0.717) is 34.5 Å². The maximum atomic E-state index is 10.0. The van der Waals surface area contributed by atoms with E-state index in [2.05, 4.69) is 23.1 Å². The Hall–Kier alpha value is -3.49. The predicted molar refractivity (Wildman–Crippen MR) is 140 cm³/mol. The number of allylic oxidation sites excluding steroid dienone is 1. The molecule has 0 aromatic heterocycles. The van der Waals surface area contributed by atoms with Crippen molar-refractivity contribution < 1.29 is 4.74 Å². The van der Waals surface area contributed by atoms with E-state index in [0.717, 1.165) is 28.8 Å². The van der Waals surface area contributed by atoms with Gasteiger partial charge in [-0.2, -0.15) is 5.26 Å². The van der Waals surface area contributed by atoms with Gasteiger partial charge in [0.15, 0.2) is 0 Å². The summed E-state index contributed by atoms with van der Waals surface area (Å²) in [5, 5.41) is 11.3. The molecule has 0 amide bonds. The van der Waals surface area contributed by atoms with Crippen LogP contribution in [0.25, 0.3) is 6.08 Å². The SMILES string of the molecule is N#CC1=C(N)OC2=C(CN(Cc3ccccc3)C/C2=C\c2ccccc2Cl)C1c1ccccc1Cl. The van der Waals surface area contributed by atoms with Crippen molar-refractivity contribution in [2.45, 2.75) is 12.5 Å². The summed E-state index contributed by atoms with van der Waals surface area (Å²) >= 11 is 13.1. The highest BCUT2D eigenvalue weighted by molar-refractivity contribution is 6.32. The van der Waals surface area contributed by atoms with Crippen molar-refractivity contribution in [2.75, 3.05) is 13.1 Å². The Bertz CT molecular complexity index is 1400. The number of halogens is 2. The minimum Gasteiger partial charge on any atom is -0.440 e. The van der Waals surface area contributed by atoms with Gasteiger partial charge in [-0.05, 0) is 40.5 Å². The molecule has 1 atom stereocenters. The highest BCUT2D eigenvalue weighted by Crippen LogP contribution is 2.45. The maximum absolute atomic E-state index is 10.0. The van der Waals surface area contributed by atoms with Crippen LogP contribution in [0.2, 0.25) is 10.0 Å². The fraction of sp³-hybridized carbons (Fsp3) is 0.138. The summed E-state index contributed by atoms with van der Waals surface area (Å²) in [6, 6.07) is 27.9. The minimum absolute atomic E-state index is 0.109. The zero-order valence-corrected chi connectivity index (χ0v) is 20.4. The van der Waals surface area contributed by atoms with Crippen LogP contribution in [0.3, 0.4) is 0 Å². The van der Waals surface area contributed by atoms with E-state index in [-0.39, 0.29) is 5.88 Å². The molecule has 4 nitrogen and oxygen atoms in total. The van der Waals surface area contributed by atoms with Crippen molar-refractivity contribution in [3.05, 3.63) is 134 Å². The molecule has 0 spiro atoms. The van der Waals surface area contributed by atoms with Gasteiger partial charge in [0.05, 0.1) is 5.92 Å². The third-order valence-corrected chi connectivity index (χ3v) is 6.99. The smallest absolute Gasteiger partial charge is 0.205 e. The number of benzene rings is 3. The van der Waals surface area contributed by atoms with E-state index in [4.69, 9.17) is 33.7 Å². The van der Waals surface area contributed by atoms with Gasteiger partial charge in [0.2, 0.25) is 5.88 Å². The van der Waals surface area contributed by atoms with Crippen molar-refractivity contribution in [1.29, 1.82) is 5.26 Å². The second kappa shape index (κ2) is 10.0. The van der Waals surface area contributed by atoms with Gasteiger partial charge >= 0.3 is 0 Å². The molecule has 3 aromatic carbocycles. The van der Waals surface area contributed by atoms with E-state index >= 15 is 0 Å². The Kier molecular flexibility index (Phi) is 6.66. The van der Waals surface area contributed by atoms with Crippen LogP contribution in [-0.2, 0) is 11.3 Å². The molecular formula is C29H23Cl2N3O. The molecule has 3 aromatic rings. The lowest BCUT2D eigenvalue weighted by atomic mass is 9.80. The molecule has 0 saturated heterocycles. The van der Waals surface area contributed by atoms with Crippen molar-refractivity contribution >= 4 is 29.3 Å². The van der Waals surface area contributed by atoms with Crippen molar-refractivity contribution in [2.24, 2.45) is 5.73 Å². The Balaban J connectivity index is 1.66. The zero-order valence-electron chi connectivity index (χ0n) is 18.9. The topological polar surface area (TPSA) is 62.3 Å². The first kappa shape index (κ1) is 23.3. The van der Waals surface area contributed by atoms with Crippen LogP contribution in [0, 0.1) is 11.3 Å². The first-order valence-electron chi connectivity index (χ1n) is 11.3. The Morgan fingerprint density at radius 2 is 1.63 bits per heavy atom. The van der Waals surface area contributed by atoms with E-state index < -0.39 is 5.92 Å². The van der Waals surface area contributed by atoms with Crippen LogP contribution in [0.5, 0.6) is 0 Å². The molecule has 0 bridgehead atoms. The van der Waals surface area contributed by atoms with Gasteiger partial charge < -0.3 is 10.5 Å². The largest absolute Gasteiger partial charge is 0.440 e. The van der Waals surface area contributed by atoms with Gasteiger partial charge in [-0.1, -0.05) is 89.9 Å². The van der Waals surface area contributed by atoms with Gasteiger partial charge in [-0.15, -0.1) is 0 Å². The molecule has 6 heteroatoms. The number of rotatable bonds is 4. The summed E-state index contributed by atoms with van der Waals surface area (Å²) in [4.78, 5) is 2.33. The Morgan fingerprint density at radius 1 is 0.943 bits per heavy atom. The molecule has 35 heavy (non-hydrogen) atoms. The third-order valence-electron chi connectivity index (χ3n) is 6.31. The molecule has 0 saturated carbocycles. The first-order valence-corrected chi connectivity index (χ1v) is 12.1. The van der Waals surface area contributed by atoms with Crippen LogP contribution >= 0.6 is 23.2 Å². The number of hydrogen-bond donors (Lipinski definition) is 1. The van der Waals surface area contributed by atoms with Crippen LogP contribution in [0.1, 0.15) is 22.6 Å². The van der Waals surface area contributed by atoms with Crippen molar-refractivity contribution in [3.63, 3.8) is 0 Å². The van der Waals surface area contributed by atoms with Gasteiger partial charge in [-0.3, -0.25) is 4.90 Å². The minimum atomic E-state index is -0.398. The van der Waals surface area contributed by atoms with Crippen LogP contribution in [0.4, 0.5) is 0 Å². The monoisotopic (exact) mass is 499 g/mol. The molecule has 2 heterocycles. The number of nitrogens with two attached hydrogens (primary N) is 1. The summed E-state index contributed by atoms with van der Waals surface area (Å²) in [5.41, 5.74) is 11.5. The fourth-order valence-electron chi connectivity index (χ4n) is 4.74. The lowest BCUT2D eigenvalue weighted by molar-refractivity contribution is 0.230. The molecule has 2 N–H and O–H groups in total. The Labute approximate surface area is 215 Å². The average molecular weight is 500 g/mol. The summed E-state index contributed by atoms with van der Waals surface area (Å²) in [6.07, 6.45) is 2.04. The van der Waals surface area contributed by atoms with E-state index in [1.54, 1.807) is 0 Å². The second-order valence-corrected chi connectivity index (χ2v) is 9.44. The van der Waals surface area contributed by atoms with E-state index in [1.165, 1.54) is 5.56 Å². The standard InChI is InChI=1S/C29H23Cl2N3O/c30-25-12-6-4-10-20(25)14-21-17-34(16-19-8-2-1-3-9-19)18-24-27(22-11-5-7-13-26(22)31)23(15-32)29(33)35-28(21)24/h1-14,27H,16-18,33H2/b21-14+. The lowest BCUT2D eigenvalue weighted by Gasteiger charge is -2.38. The fourth-order valence-corrected chi connectivity index (χ4v) is 5.17. The van der Waals surface area contributed by atoms with Gasteiger partial charge in [0.1, 0.15) is 17.4 Å². The highest BCUT2D eigenvalue weighted by atomic mass is 35.5. The van der Waals surface area contributed by atoms with E-state index in [1.807, 2.05) is 72.8 Å². The number of nitrogens with zero attached hydrogens (tertiary/aromatic N) is 2. The normalized spacial score (nSPS) is 19.3. The quantitative estimate of drug-likeness (QED) is 0.436. The van der Waals surface area contributed by atoms with Crippen LogP contribution < -0.4 is 5.73 Å². The molecule has 2 aliphatic heterocycles. The lowest BCUT2D eigenvalue weighted by Crippen LogP contribution is -2.37. The molecule has 0 fully saturated rings. The zero-order chi connectivity index (χ0) is 24.4. The average Bonchev–Trinajstić information content (AvgIpc) is 2.86. The molecule has 2 aliphatic rings. The summed E-state index contributed by atoms with van der Waals surface area (Å²) in [7, 11) is 0. The van der Waals surface area contributed by atoms with Crippen molar-refractivity contribution in [1.82, 2.24) is 4.90 Å². The summed E-state index contributed by atoms with van der Waals surface area (Å²) < 4.78 is 6.14. The predicted octanol–water partition coefficient (Wildman–Crippen LogP) is 6.65. The molecule has 1 unspecified atom stereocenters. The van der Waals surface area contributed by atoms with E-state index in [9.17, 15) is 5.26 Å². The maximum Gasteiger partial charge on any atom is 0.205 e. The van der Waals surface area contributed by atoms with Gasteiger partial charge in [-0.25, -0.2) is 0 Å². The molecule has 0 aliphatic carbocycles. The second-order valence-electron chi connectivity index (χ2n) is 8.62. The number of hydrogen-bond acceptors (Lipinski definition) is 4. The molecule has 5 rings (SSSR count). The molecule has 174 valence electrons. The number of ether oxygens (including phenoxy) is 1. The van der Waals surface area contributed by atoms with Gasteiger partial charge in [0.25, 0.3) is 0 Å². The summed E-state index contributed by atoms with van der Waals surface area (Å²) in [5.74, 6) is 0.402. The highest BCUT2D eigenvalue weighted by Gasteiger charge is 2.38. The molecule has 0 radical (unpaired) electrons. The van der Waals surface area contributed by atoms with Gasteiger partial charge in [0, 0.05) is 35.3 Å². The van der Waals surface area contributed by atoms with Crippen LogP contribution in [0.15, 0.2) is 107 Å². The van der Waals surface area contributed by atoms with Crippen molar-refractivity contribution in [3.8, 4) is 6.07 Å². The van der Waals surface area contributed by atoms with Crippen LogP contribution in [-0.4, -0.2) is 18.0 Å². The summed E-state index contributed by atoms with van der Waals surface area (Å²) in [6.45, 7) is 2.00. The number of nitriles is 1. The Morgan fingerprint density at radius 3 is 2.34 bits per heavy atom. The first-order chi connectivity index (χ1) is 17.0. The third kappa shape index (κ3) is 4.72. The molecular weight excluding hydrogens is 477 g/mol.